The highest BCUT2D eigenvalue weighted by Crippen LogP contribution is 2.44. The Morgan fingerprint density at radius 1 is 1.33 bits per heavy atom. The van der Waals surface area contributed by atoms with Crippen molar-refractivity contribution in [2.45, 2.75) is 47.0 Å². The fourth-order valence-corrected chi connectivity index (χ4v) is 5.29. The first-order chi connectivity index (χ1) is 14.2. The summed E-state index contributed by atoms with van der Waals surface area (Å²) in [5.41, 5.74) is 2.60. The van der Waals surface area contributed by atoms with Crippen LogP contribution in [0.2, 0.25) is 5.02 Å². The van der Waals surface area contributed by atoms with E-state index in [1.807, 2.05) is 12.1 Å². The van der Waals surface area contributed by atoms with Crippen LogP contribution in [0.15, 0.2) is 30.3 Å². The second-order valence-corrected chi connectivity index (χ2v) is 10.2. The minimum absolute atomic E-state index is 0.203. The SMILES string of the molecule is CCOC(=O)c1c(NC(=O)/C=C/c2cccc(Cl)c2)sc2c1CC[C@H](C(C)(C)C)C2. The third-order valence-corrected chi connectivity index (χ3v) is 6.89. The van der Waals surface area contributed by atoms with Crippen LogP contribution in [0.5, 0.6) is 0 Å². The number of carbonyl (C=O) groups excluding carboxylic acids is 2. The van der Waals surface area contributed by atoms with Crippen molar-refractivity contribution in [3.63, 3.8) is 0 Å². The van der Waals surface area contributed by atoms with E-state index < -0.39 is 0 Å². The first kappa shape index (κ1) is 22.6. The van der Waals surface area contributed by atoms with E-state index in [2.05, 4.69) is 26.1 Å². The second-order valence-electron chi connectivity index (χ2n) is 8.61. The van der Waals surface area contributed by atoms with Crippen molar-refractivity contribution in [1.82, 2.24) is 0 Å². The number of fused-ring (bicyclic) bond motifs is 1. The van der Waals surface area contributed by atoms with Crippen LogP contribution in [0.1, 0.15) is 60.5 Å². The summed E-state index contributed by atoms with van der Waals surface area (Å²) < 4.78 is 5.29. The number of nitrogens with one attached hydrogen (secondary N) is 1. The van der Waals surface area contributed by atoms with Gasteiger partial charge in [0.25, 0.3) is 0 Å². The Bertz CT molecular complexity index is 971. The van der Waals surface area contributed by atoms with Crippen LogP contribution in [-0.2, 0) is 22.4 Å². The van der Waals surface area contributed by atoms with Gasteiger partial charge in [-0.3, -0.25) is 4.79 Å². The molecule has 1 aliphatic carbocycles. The number of benzene rings is 1. The number of ether oxygens (including phenoxy) is 1. The standard InChI is InChI=1S/C24H28ClNO3S/c1-5-29-23(28)21-18-11-10-16(24(2,3)4)14-19(18)30-22(21)26-20(27)12-9-15-7-6-8-17(25)13-15/h6-9,12-13,16H,5,10-11,14H2,1-4H3,(H,26,27)/b12-9+/t16-/m0/s1. The summed E-state index contributed by atoms with van der Waals surface area (Å²) in [4.78, 5) is 26.4. The predicted molar refractivity (Wildman–Crippen MR) is 124 cm³/mol. The van der Waals surface area contributed by atoms with Gasteiger partial charge in [0.05, 0.1) is 12.2 Å². The predicted octanol–water partition coefficient (Wildman–Crippen LogP) is 6.38. The molecule has 0 saturated heterocycles. The van der Waals surface area contributed by atoms with Crippen molar-refractivity contribution in [3.8, 4) is 0 Å². The summed E-state index contributed by atoms with van der Waals surface area (Å²) in [6.45, 7) is 8.86. The largest absolute Gasteiger partial charge is 0.462 e. The number of anilines is 1. The molecule has 0 radical (unpaired) electrons. The second kappa shape index (κ2) is 9.36. The van der Waals surface area contributed by atoms with Crippen molar-refractivity contribution < 1.29 is 14.3 Å². The van der Waals surface area contributed by atoms with Crippen LogP contribution >= 0.6 is 22.9 Å². The molecule has 2 aromatic rings. The van der Waals surface area contributed by atoms with Crippen molar-refractivity contribution in [2.75, 3.05) is 11.9 Å². The lowest BCUT2D eigenvalue weighted by molar-refractivity contribution is -0.111. The van der Waals surface area contributed by atoms with Gasteiger partial charge in [-0.15, -0.1) is 11.3 Å². The first-order valence-electron chi connectivity index (χ1n) is 10.2. The maximum absolute atomic E-state index is 12.7. The Morgan fingerprint density at radius 2 is 2.10 bits per heavy atom. The average Bonchev–Trinajstić information content (AvgIpc) is 3.03. The number of amides is 1. The van der Waals surface area contributed by atoms with E-state index in [1.54, 1.807) is 25.1 Å². The van der Waals surface area contributed by atoms with Crippen LogP contribution < -0.4 is 5.32 Å². The molecule has 1 amide bonds. The van der Waals surface area contributed by atoms with Gasteiger partial charge in [-0.05, 0) is 66.9 Å². The Kier molecular flexibility index (Phi) is 7.04. The van der Waals surface area contributed by atoms with Gasteiger partial charge >= 0.3 is 5.97 Å². The summed E-state index contributed by atoms with van der Waals surface area (Å²) in [5.74, 6) is -0.102. The van der Waals surface area contributed by atoms with Gasteiger partial charge < -0.3 is 10.1 Å². The molecule has 3 rings (SSSR count). The number of hydrogen-bond acceptors (Lipinski definition) is 4. The lowest BCUT2D eigenvalue weighted by Crippen LogP contribution is -2.26. The molecule has 0 fully saturated rings. The van der Waals surface area contributed by atoms with Crippen molar-refractivity contribution >= 4 is 45.9 Å². The maximum atomic E-state index is 12.7. The molecule has 0 spiro atoms. The minimum atomic E-state index is -0.363. The van der Waals surface area contributed by atoms with Gasteiger partial charge in [0.1, 0.15) is 5.00 Å². The Balaban J connectivity index is 1.85. The van der Waals surface area contributed by atoms with Crippen LogP contribution in [0, 0.1) is 11.3 Å². The molecule has 0 saturated carbocycles. The van der Waals surface area contributed by atoms with Crippen LogP contribution in [0.25, 0.3) is 6.08 Å². The fraction of sp³-hybridized carbons (Fsp3) is 0.417. The molecule has 160 valence electrons. The molecule has 1 N–H and O–H groups in total. The molecule has 1 aromatic carbocycles. The highest BCUT2D eigenvalue weighted by molar-refractivity contribution is 7.17. The molecule has 30 heavy (non-hydrogen) atoms. The van der Waals surface area contributed by atoms with Crippen LogP contribution in [-0.4, -0.2) is 18.5 Å². The summed E-state index contributed by atoms with van der Waals surface area (Å²) in [7, 11) is 0. The van der Waals surface area contributed by atoms with E-state index in [9.17, 15) is 9.59 Å². The number of rotatable bonds is 5. The molecule has 0 aliphatic heterocycles. The zero-order valence-corrected chi connectivity index (χ0v) is 19.5. The molecule has 6 heteroatoms. The van der Waals surface area contributed by atoms with Crippen molar-refractivity contribution in [3.05, 3.63) is 56.9 Å². The van der Waals surface area contributed by atoms with Crippen LogP contribution in [0.4, 0.5) is 5.00 Å². The maximum Gasteiger partial charge on any atom is 0.341 e. The topological polar surface area (TPSA) is 55.4 Å². The number of halogens is 1. The normalized spacial score (nSPS) is 16.4. The quantitative estimate of drug-likeness (QED) is 0.429. The van der Waals surface area contributed by atoms with Gasteiger partial charge in [-0.1, -0.05) is 44.5 Å². The molecule has 0 unspecified atom stereocenters. The van der Waals surface area contributed by atoms with E-state index in [0.29, 0.717) is 28.1 Å². The highest BCUT2D eigenvalue weighted by Gasteiger charge is 2.34. The molecule has 0 bridgehead atoms. The Morgan fingerprint density at radius 3 is 2.77 bits per heavy atom. The fourth-order valence-electron chi connectivity index (χ4n) is 3.77. The van der Waals surface area contributed by atoms with Crippen molar-refractivity contribution in [2.24, 2.45) is 11.3 Å². The van der Waals surface area contributed by atoms with Gasteiger partial charge in [-0.25, -0.2) is 4.79 Å². The molecule has 1 atom stereocenters. The molecule has 1 aromatic heterocycles. The van der Waals surface area contributed by atoms with Gasteiger partial charge in [0.15, 0.2) is 0 Å². The lowest BCUT2D eigenvalue weighted by atomic mass is 9.72. The number of hydrogen-bond donors (Lipinski definition) is 1. The molecule has 4 nitrogen and oxygen atoms in total. The minimum Gasteiger partial charge on any atom is -0.462 e. The summed E-state index contributed by atoms with van der Waals surface area (Å²) in [6.07, 6.45) is 5.94. The Labute approximate surface area is 187 Å². The van der Waals surface area contributed by atoms with E-state index in [-0.39, 0.29) is 17.3 Å². The molecular formula is C24H28ClNO3S. The summed E-state index contributed by atoms with van der Waals surface area (Å²) >= 11 is 7.49. The number of carbonyl (C=O) groups is 2. The summed E-state index contributed by atoms with van der Waals surface area (Å²) in [5, 5.41) is 4.09. The highest BCUT2D eigenvalue weighted by atomic mass is 35.5. The van der Waals surface area contributed by atoms with Gasteiger partial charge in [-0.2, -0.15) is 0 Å². The summed E-state index contributed by atoms with van der Waals surface area (Å²) in [6, 6.07) is 7.27. The molecule has 1 heterocycles. The Hall–Kier alpha value is -2.11. The van der Waals surface area contributed by atoms with Crippen LogP contribution in [0.3, 0.4) is 0 Å². The van der Waals surface area contributed by atoms with Gasteiger partial charge in [0.2, 0.25) is 5.91 Å². The smallest absolute Gasteiger partial charge is 0.341 e. The van der Waals surface area contributed by atoms with Gasteiger partial charge in [0, 0.05) is 16.0 Å². The lowest BCUT2D eigenvalue weighted by Gasteiger charge is -2.33. The van der Waals surface area contributed by atoms with E-state index in [4.69, 9.17) is 16.3 Å². The third-order valence-electron chi connectivity index (χ3n) is 5.48. The molecular weight excluding hydrogens is 418 g/mol. The zero-order valence-electron chi connectivity index (χ0n) is 17.9. The zero-order chi connectivity index (χ0) is 21.9. The van der Waals surface area contributed by atoms with E-state index in [0.717, 1.165) is 30.4 Å². The van der Waals surface area contributed by atoms with E-state index in [1.165, 1.54) is 22.3 Å². The number of esters is 1. The first-order valence-corrected chi connectivity index (χ1v) is 11.4. The van der Waals surface area contributed by atoms with Crippen molar-refractivity contribution in [1.29, 1.82) is 0 Å². The van der Waals surface area contributed by atoms with E-state index >= 15 is 0 Å². The monoisotopic (exact) mass is 445 g/mol. The average molecular weight is 446 g/mol. The number of thiophene rings is 1. The molecule has 1 aliphatic rings. The third kappa shape index (κ3) is 5.32.